The van der Waals surface area contributed by atoms with Crippen LogP contribution in [-0.2, 0) is 6.54 Å². The molecule has 62 valence electrons. The summed E-state index contributed by atoms with van der Waals surface area (Å²) < 4.78 is 1.86. The Bertz CT molecular complexity index is 307. The number of aromatic nitrogens is 1. The predicted molar refractivity (Wildman–Crippen MR) is 49.0 cm³/mol. The largest absolute Gasteiger partial charge is 0.336 e. The Morgan fingerprint density at radius 1 is 1.58 bits per heavy atom. The maximum absolute atomic E-state index is 8.64. The Balaban J connectivity index is 2.64. The first-order chi connectivity index (χ1) is 5.88. The van der Waals surface area contributed by atoms with Gasteiger partial charge in [0.05, 0.1) is 0 Å². The van der Waals surface area contributed by atoms with Crippen molar-refractivity contribution >= 4 is 11.6 Å². The molecule has 3 heteroatoms. The van der Waals surface area contributed by atoms with Crippen molar-refractivity contribution in [2.75, 3.05) is 5.88 Å². The molecule has 0 unspecified atom stereocenters. The minimum absolute atomic E-state index is 0.517. The first-order valence-corrected chi connectivity index (χ1v) is 4.18. The van der Waals surface area contributed by atoms with Gasteiger partial charge in [-0.3, -0.25) is 0 Å². The summed E-state index contributed by atoms with van der Waals surface area (Å²) in [6.45, 7) is 0.711. The van der Waals surface area contributed by atoms with Crippen molar-refractivity contribution in [2.24, 2.45) is 0 Å². The summed E-state index contributed by atoms with van der Waals surface area (Å²) in [6.07, 6.45) is 5.67. The predicted octanol–water partition coefficient (Wildman–Crippen LogP) is 2.15. The monoisotopic (exact) mass is 180 g/mol. The molecule has 0 spiro atoms. The molecule has 0 aliphatic carbocycles. The van der Waals surface area contributed by atoms with Crippen molar-refractivity contribution in [2.45, 2.75) is 6.54 Å². The van der Waals surface area contributed by atoms with Gasteiger partial charge < -0.3 is 4.57 Å². The van der Waals surface area contributed by atoms with Crippen LogP contribution in [0.1, 0.15) is 5.69 Å². The number of allylic oxidation sites excluding steroid dienone is 2. The van der Waals surface area contributed by atoms with Crippen LogP contribution in [0.25, 0.3) is 0 Å². The lowest BCUT2D eigenvalue weighted by Crippen LogP contribution is -1.95. The van der Waals surface area contributed by atoms with Crippen molar-refractivity contribution in [3.8, 4) is 6.07 Å². The van der Waals surface area contributed by atoms with E-state index in [1.807, 2.05) is 29.0 Å². The molecule has 0 atom stereocenters. The van der Waals surface area contributed by atoms with E-state index in [0.29, 0.717) is 18.1 Å². The minimum atomic E-state index is 0.517. The van der Waals surface area contributed by atoms with Gasteiger partial charge in [-0.1, -0.05) is 12.2 Å². The van der Waals surface area contributed by atoms with Crippen molar-refractivity contribution in [1.82, 2.24) is 4.57 Å². The second-order valence-electron chi connectivity index (χ2n) is 2.28. The van der Waals surface area contributed by atoms with E-state index in [2.05, 4.69) is 6.07 Å². The number of halogens is 1. The Morgan fingerprint density at radius 3 is 3.08 bits per heavy atom. The van der Waals surface area contributed by atoms with Crippen molar-refractivity contribution in [1.29, 1.82) is 5.26 Å². The molecule has 12 heavy (non-hydrogen) atoms. The van der Waals surface area contributed by atoms with E-state index in [1.165, 1.54) is 0 Å². The standard InChI is InChI=1S/C9H9ClN2/c10-5-1-2-6-12-7-3-4-9(12)8-11/h1-4,7H,5-6H2/b2-1+. The van der Waals surface area contributed by atoms with Crippen LogP contribution in [0.5, 0.6) is 0 Å². The van der Waals surface area contributed by atoms with Gasteiger partial charge in [-0.15, -0.1) is 11.6 Å². The van der Waals surface area contributed by atoms with E-state index in [0.717, 1.165) is 0 Å². The fourth-order valence-corrected chi connectivity index (χ4v) is 1.05. The number of alkyl halides is 1. The Labute approximate surface area is 76.7 Å². The van der Waals surface area contributed by atoms with Gasteiger partial charge in [0.2, 0.25) is 0 Å². The molecule has 0 saturated heterocycles. The van der Waals surface area contributed by atoms with E-state index < -0.39 is 0 Å². The molecule has 1 aromatic heterocycles. The highest BCUT2D eigenvalue weighted by molar-refractivity contribution is 6.18. The van der Waals surface area contributed by atoms with Gasteiger partial charge in [-0.05, 0) is 12.1 Å². The summed E-state index contributed by atoms with van der Waals surface area (Å²) in [5, 5.41) is 8.64. The maximum atomic E-state index is 8.64. The molecule has 1 rings (SSSR count). The fourth-order valence-electron chi connectivity index (χ4n) is 0.926. The minimum Gasteiger partial charge on any atom is -0.336 e. The van der Waals surface area contributed by atoms with E-state index >= 15 is 0 Å². The zero-order valence-electron chi connectivity index (χ0n) is 6.57. The van der Waals surface area contributed by atoms with Crippen LogP contribution < -0.4 is 0 Å². The van der Waals surface area contributed by atoms with Crippen molar-refractivity contribution in [3.05, 3.63) is 36.2 Å². The molecule has 2 nitrogen and oxygen atoms in total. The summed E-state index contributed by atoms with van der Waals surface area (Å²) in [6, 6.07) is 5.74. The third-order valence-electron chi connectivity index (χ3n) is 1.50. The summed E-state index contributed by atoms with van der Waals surface area (Å²) in [7, 11) is 0. The topological polar surface area (TPSA) is 28.7 Å². The maximum Gasteiger partial charge on any atom is 0.120 e. The fraction of sp³-hybridized carbons (Fsp3) is 0.222. The molecule has 0 aliphatic heterocycles. The Morgan fingerprint density at radius 2 is 2.42 bits per heavy atom. The van der Waals surface area contributed by atoms with Crippen LogP contribution in [0.15, 0.2) is 30.5 Å². The molecule has 0 saturated carbocycles. The van der Waals surface area contributed by atoms with Crippen LogP contribution in [-0.4, -0.2) is 10.4 Å². The molecule has 0 N–H and O–H groups in total. The highest BCUT2D eigenvalue weighted by Crippen LogP contribution is 2.00. The molecular formula is C9H9ClN2. The zero-order chi connectivity index (χ0) is 8.81. The number of rotatable bonds is 3. The molecule has 0 radical (unpaired) electrons. The number of hydrogen-bond acceptors (Lipinski definition) is 1. The highest BCUT2D eigenvalue weighted by Gasteiger charge is 1.94. The third-order valence-corrected chi connectivity index (χ3v) is 1.68. The Kier molecular flexibility index (Phi) is 3.43. The van der Waals surface area contributed by atoms with E-state index in [-0.39, 0.29) is 0 Å². The first-order valence-electron chi connectivity index (χ1n) is 3.64. The molecule has 0 amide bonds. The number of nitriles is 1. The summed E-state index contributed by atoms with van der Waals surface area (Å²) in [4.78, 5) is 0. The number of nitrogens with zero attached hydrogens (tertiary/aromatic N) is 2. The van der Waals surface area contributed by atoms with Crippen LogP contribution in [0.4, 0.5) is 0 Å². The van der Waals surface area contributed by atoms with Crippen molar-refractivity contribution < 1.29 is 0 Å². The van der Waals surface area contributed by atoms with Gasteiger partial charge in [0, 0.05) is 18.6 Å². The third kappa shape index (κ3) is 2.14. The van der Waals surface area contributed by atoms with E-state index in [9.17, 15) is 0 Å². The quantitative estimate of drug-likeness (QED) is 0.518. The average molecular weight is 181 g/mol. The van der Waals surface area contributed by atoms with Crippen LogP contribution in [0.2, 0.25) is 0 Å². The molecule has 0 aromatic carbocycles. The summed E-state index contributed by atoms with van der Waals surface area (Å²) in [5.41, 5.74) is 0.675. The van der Waals surface area contributed by atoms with Gasteiger partial charge in [0.25, 0.3) is 0 Å². The SMILES string of the molecule is N#Cc1cccn1C/C=C/CCl. The lowest BCUT2D eigenvalue weighted by atomic mass is 10.4. The normalized spacial score (nSPS) is 10.3. The summed E-state index contributed by atoms with van der Waals surface area (Å²) in [5.74, 6) is 0.517. The molecule has 1 heterocycles. The van der Waals surface area contributed by atoms with Gasteiger partial charge in [0.1, 0.15) is 11.8 Å². The van der Waals surface area contributed by atoms with E-state index in [4.69, 9.17) is 16.9 Å². The van der Waals surface area contributed by atoms with Crippen LogP contribution >= 0.6 is 11.6 Å². The molecule has 0 fully saturated rings. The molecular weight excluding hydrogens is 172 g/mol. The zero-order valence-corrected chi connectivity index (χ0v) is 7.33. The van der Waals surface area contributed by atoms with Crippen molar-refractivity contribution in [3.63, 3.8) is 0 Å². The van der Waals surface area contributed by atoms with Gasteiger partial charge in [0.15, 0.2) is 0 Å². The molecule has 0 bridgehead atoms. The average Bonchev–Trinajstić information content (AvgIpc) is 2.52. The van der Waals surface area contributed by atoms with Crippen LogP contribution in [0, 0.1) is 11.3 Å². The second kappa shape index (κ2) is 4.63. The lowest BCUT2D eigenvalue weighted by Gasteiger charge is -1.97. The number of hydrogen-bond donors (Lipinski definition) is 0. The smallest absolute Gasteiger partial charge is 0.120 e. The van der Waals surface area contributed by atoms with Gasteiger partial charge >= 0.3 is 0 Å². The Hall–Kier alpha value is -1.20. The van der Waals surface area contributed by atoms with Gasteiger partial charge in [-0.25, -0.2) is 0 Å². The second-order valence-corrected chi connectivity index (χ2v) is 2.59. The lowest BCUT2D eigenvalue weighted by molar-refractivity contribution is 0.815. The first kappa shape index (κ1) is 8.89. The van der Waals surface area contributed by atoms with E-state index in [1.54, 1.807) is 6.07 Å². The molecule has 0 aliphatic rings. The summed E-state index contributed by atoms with van der Waals surface area (Å²) >= 11 is 5.45. The molecule has 1 aromatic rings. The van der Waals surface area contributed by atoms with Crippen LogP contribution in [0.3, 0.4) is 0 Å². The highest BCUT2D eigenvalue weighted by atomic mass is 35.5. The van der Waals surface area contributed by atoms with Gasteiger partial charge in [-0.2, -0.15) is 5.26 Å².